The van der Waals surface area contributed by atoms with Crippen molar-refractivity contribution in [1.29, 1.82) is 0 Å². The van der Waals surface area contributed by atoms with E-state index in [1.165, 1.54) is 3.57 Å². The van der Waals surface area contributed by atoms with Crippen LogP contribution in [0.3, 0.4) is 0 Å². The van der Waals surface area contributed by atoms with E-state index in [1.807, 2.05) is 31.3 Å². The highest BCUT2D eigenvalue weighted by atomic mass is 127. The Kier molecular flexibility index (Phi) is 2.33. The minimum absolute atomic E-state index is 0.601. The third kappa shape index (κ3) is 1.73. The fourth-order valence-corrected chi connectivity index (χ4v) is 2.35. The Morgan fingerprint density at radius 3 is 2.69 bits per heavy atom. The van der Waals surface area contributed by atoms with E-state index in [0.717, 1.165) is 18.7 Å². The predicted molar refractivity (Wildman–Crippen MR) is 60.6 cm³/mol. The molecule has 0 bridgehead atoms. The van der Waals surface area contributed by atoms with Crippen LogP contribution in [0.1, 0.15) is 5.56 Å². The molecule has 1 N–H and O–H groups in total. The van der Waals surface area contributed by atoms with Gasteiger partial charge in [0.1, 0.15) is 5.60 Å². The molecule has 0 amide bonds. The van der Waals surface area contributed by atoms with E-state index in [4.69, 9.17) is 0 Å². The van der Waals surface area contributed by atoms with Gasteiger partial charge in [0.25, 0.3) is 0 Å². The van der Waals surface area contributed by atoms with Gasteiger partial charge in [-0.05, 0) is 47.3 Å². The Morgan fingerprint density at radius 2 is 2.15 bits per heavy atom. The minimum Gasteiger partial charge on any atom is -0.382 e. The number of hydrogen-bond donors (Lipinski definition) is 1. The molecule has 1 aliphatic heterocycles. The molecule has 2 rings (SSSR count). The molecule has 0 aromatic heterocycles. The van der Waals surface area contributed by atoms with Gasteiger partial charge >= 0.3 is 0 Å². The molecule has 0 radical (unpaired) electrons. The summed E-state index contributed by atoms with van der Waals surface area (Å²) >= 11 is 2.27. The van der Waals surface area contributed by atoms with Gasteiger partial charge in [0.2, 0.25) is 0 Å². The Labute approximate surface area is 91.7 Å². The SMILES string of the molecule is CN1CC(O)(c2cccc(I)c2)C1. The summed E-state index contributed by atoms with van der Waals surface area (Å²) in [4.78, 5) is 2.11. The second-order valence-corrected chi connectivity index (χ2v) is 4.96. The molecular formula is C10H12INO. The zero-order chi connectivity index (χ0) is 9.47. The fourth-order valence-electron chi connectivity index (χ4n) is 1.81. The van der Waals surface area contributed by atoms with Crippen molar-refractivity contribution in [2.75, 3.05) is 20.1 Å². The van der Waals surface area contributed by atoms with Gasteiger partial charge in [-0.25, -0.2) is 0 Å². The third-order valence-electron chi connectivity index (χ3n) is 2.42. The van der Waals surface area contributed by atoms with Gasteiger partial charge < -0.3 is 5.11 Å². The number of nitrogens with zero attached hydrogens (tertiary/aromatic N) is 1. The Morgan fingerprint density at radius 1 is 1.46 bits per heavy atom. The largest absolute Gasteiger partial charge is 0.382 e. The van der Waals surface area contributed by atoms with Crippen LogP contribution in [0, 0.1) is 3.57 Å². The normalized spacial score (nSPS) is 21.2. The molecule has 70 valence electrons. The molecular weight excluding hydrogens is 277 g/mol. The average Bonchev–Trinajstić information content (AvgIpc) is 2.02. The molecule has 2 nitrogen and oxygen atoms in total. The number of likely N-dealkylation sites (N-methyl/N-ethyl adjacent to an activating group) is 1. The second-order valence-electron chi connectivity index (χ2n) is 3.71. The lowest BCUT2D eigenvalue weighted by atomic mass is 9.87. The van der Waals surface area contributed by atoms with Crippen LogP contribution >= 0.6 is 22.6 Å². The standard InChI is InChI=1S/C10H12INO/c1-12-6-10(13,7-12)8-3-2-4-9(11)5-8/h2-5,13H,6-7H2,1H3. The van der Waals surface area contributed by atoms with Crippen molar-refractivity contribution < 1.29 is 5.11 Å². The van der Waals surface area contributed by atoms with Crippen LogP contribution in [0.2, 0.25) is 0 Å². The van der Waals surface area contributed by atoms with Gasteiger partial charge in [-0.2, -0.15) is 0 Å². The van der Waals surface area contributed by atoms with Crippen molar-refractivity contribution in [3.8, 4) is 0 Å². The first-order chi connectivity index (χ1) is 6.10. The summed E-state index contributed by atoms with van der Waals surface area (Å²) in [7, 11) is 2.02. The lowest BCUT2D eigenvalue weighted by Gasteiger charge is -2.44. The highest BCUT2D eigenvalue weighted by Gasteiger charge is 2.40. The van der Waals surface area contributed by atoms with Crippen molar-refractivity contribution in [2.24, 2.45) is 0 Å². The first-order valence-corrected chi connectivity index (χ1v) is 5.35. The summed E-state index contributed by atoms with van der Waals surface area (Å²) in [5, 5.41) is 10.1. The molecule has 1 fully saturated rings. The summed E-state index contributed by atoms with van der Waals surface area (Å²) in [5.41, 5.74) is 0.438. The number of β-amino-alcohol motifs (C(OH)–C–C–N with tert-alkyl or cyclic N) is 1. The minimum atomic E-state index is -0.601. The van der Waals surface area contributed by atoms with Gasteiger partial charge in [-0.3, -0.25) is 4.90 Å². The predicted octanol–water partition coefficient (Wildman–Crippen LogP) is 1.42. The van der Waals surface area contributed by atoms with Crippen molar-refractivity contribution in [2.45, 2.75) is 5.60 Å². The van der Waals surface area contributed by atoms with Gasteiger partial charge in [-0.1, -0.05) is 12.1 Å². The van der Waals surface area contributed by atoms with Crippen molar-refractivity contribution in [1.82, 2.24) is 4.90 Å². The van der Waals surface area contributed by atoms with Crippen LogP contribution in [0.15, 0.2) is 24.3 Å². The highest BCUT2D eigenvalue weighted by Crippen LogP contribution is 2.31. The average molecular weight is 289 g/mol. The van der Waals surface area contributed by atoms with E-state index < -0.39 is 5.60 Å². The zero-order valence-corrected chi connectivity index (χ0v) is 9.65. The number of hydrogen-bond acceptors (Lipinski definition) is 2. The molecule has 1 aliphatic rings. The summed E-state index contributed by atoms with van der Waals surface area (Å²) < 4.78 is 1.18. The maximum atomic E-state index is 10.1. The molecule has 1 heterocycles. The molecule has 13 heavy (non-hydrogen) atoms. The van der Waals surface area contributed by atoms with Crippen molar-refractivity contribution >= 4 is 22.6 Å². The number of likely N-dealkylation sites (tertiary alicyclic amines) is 1. The van der Waals surface area contributed by atoms with Crippen LogP contribution in [-0.4, -0.2) is 30.1 Å². The number of aliphatic hydroxyl groups is 1. The molecule has 3 heteroatoms. The van der Waals surface area contributed by atoms with Crippen molar-refractivity contribution in [3.63, 3.8) is 0 Å². The van der Waals surface area contributed by atoms with E-state index in [2.05, 4.69) is 27.5 Å². The molecule has 1 aromatic rings. The van der Waals surface area contributed by atoms with Crippen LogP contribution in [0.5, 0.6) is 0 Å². The van der Waals surface area contributed by atoms with E-state index in [9.17, 15) is 5.11 Å². The highest BCUT2D eigenvalue weighted by molar-refractivity contribution is 14.1. The van der Waals surface area contributed by atoms with Crippen LogP contribution in [0.25, 0.3) is 0 Å². The number of benzene rings is 1. The zero-order valence-electron chi connectivity index (χ0n) is 7.50. The Balaban J connectivity index is 2.26. The molecule has 1 aromatic carbocycles. The van der Waals surface area contributed by atoms with Crippen LogP contribution in [-0.2, 0) is 5.60 Å². The monoisotopic (exact) mass is 289 g/mol. The summed E-state index contributed by atoms with van der Waals surface area (Å²) in [6, 6.07) is 8.08. The molecule has 0 saturated carbocycles. The summed E-state index contributed by atoms with van der Waals surface area (Å²) in [5.74, 6) is 0. The van der Waals surface area contributed by atoms with Crippen molar-refractivity contribution in [3.05, 3.63) is 33.4 Å². The molecule has 1 saturated heterocycles. The topological polar surface area (TPSA) is 23.5 Å². The second kappa shape index (κ2) is 3.22. The van der Waals surface area contributed by atoms with Crippen LogP contribution < -0.4 is 0 Å². The van der Waals surface area contributed by atoms with Gasteiger partial charge in [-0.15, -0.1) is 0 Å². The van der Waals surface area contributed by atoms with Gasteiger partial charge in [0.15, 0.2) is 0 Å². The number of rotatable bonds is 1. The van der Waals surface area contributed by atoms with E-state index in [-0.39, 0.29) is 0 Å². The quantitative estimate of drug-likeness (QED) is 0.791. The lowest BCUT2D eigenvalue weighted by molar-refractivity contribution is -0.0919. The molecule has 0 unspecified atom stereocenters. The molecule has 0 atom stereocenters. The van der Waals surface area contributed by atoms with E-state index in [0.29, 0.717) is 0 Å². The number of halogens is 1. The fraction of sp³-hybridized carbons (Fsp3) is 0.400. The first-order valence-electron chi connectivity index (χ1n) is 4.27. The first kappa shape index (κ1) is 9.43. The Hall–Kier alpha value is -0.130. The van der Waals surface area contributed by atoms with E-state index >= 15 is 0 Å². The molecule has 0 aliphatic carbocycles. The smallest absolute Gasteiger partial charge is 0.115 e. The van der Waals surface area contributed by atoms with Gasteiger partial charge in [0, 0.05) is 16.7 Å². The third-order valence-corrected chi connectivity index (χ3v) is 3.10. The summed E-state index contributed by atoms with van der Waals surface area (Å²) in [6.07, 6.45) is 0. The maximum absolute atomic E-state index is 10.1. The maximum Gasteiger partial charge on any atom is 0.115 e. The molecule has 0 spiro atoms. The summed E-state index contributed by atoms with van der Waals surface area (Å²) in [6.45, 7) is 1.49. The van der Waals surface area contributed by atoms with E-state index in [1.54, 1.807) is 0 Å². The van der Waals surface area contributed by atoms with Crippen LogP contribution in [0.4, 0.5) is 0 Å². The van der Waals surface area contributed by atoms with Gasteiger partial charge in [0.05, 0.1) is 0 Å². The Bertz CT molecular complexity index is 320. The lowest BCUT2D eigenvalue weighted by Crippen LogP contribution is -2.57.